The molecule has 3 rings (SSSR count). The molecule has 0 aromatic heterocycles. The van der Waals surface area contributed by atoms with E-state index in [0.717, 1.165) is 30.0 Å². The maximum absolute atomic E-state index is 13.5. The van der Waals surface area contributed by atoms with Crippen LogP contribution in [0, 0.1) is 0 Å². The molecule has 0 radical (unpaired) electrons. The number of carbonyl (C=O) groups excluding carboxylic acids is 1. The van der Waals surface area contributed by atoms with Crippen molar-refractivity contribution in [1.82, 2.24) is 0 Å². The summed E-state index contributed by atoms with van der Waals surface area (Å²) >= 11 is 0. The minimum Gasteiger partial charge on any atom is -0.491 e. The van der Waals surface area contributed by atoms with E-state index in [1.807, 2.05) is 44.2 Å². The van der Waals surface area contributed by atoms with Gasteiger partial charge >= 0.3 is 0 Å². The Morgan fingerprint density at radius 1 is 0.761 bits per heavy atom. The molecule has 0 heterocycles. The second kappa shape index (κ2) is 20.2. The number of anilines is 1. The SMILES string of the molecule is CCCCCCCCCCCCCCCCCCOc1ccc(S(=O)(=O)O)cc1NC(=O)c1ccc2ccccc2c1OC(C)C. The Hall–Kier alpha value is -3.10. The molecule has 0 fully saturated rings. The van der Waals surface area contributed by atoms with Crippen LogP contribution >= 0.6 is 0 Å². The van der Waals surface area contributed by atoms with Gasteiger partial charge in [-0.25, -0.2) is 0 Å². The topological polar surface area (TPSA) is 102 Å². The van der Waals surface area contributed by atoms with Gasteiger partial charge in [0.05, 0.1) is 28.9 Å². The van der Waals surface area contributed by atoms with E-state index in [-0.39, 0.29) is 16.7 Å². The summed E-state index contributed by atoms with van der Waals surface area (Å²) in [6, 6.07) is 15.2. The number of carbonyl (C=O) groups is 1. The average Bonchev–Trinajstić information content (AvgIpc) is 3.02. The Labute approximate surface area is 277 Å². The second-order valence-electron chi connectivity index (χ2n) is 12.6. The molecule has 0 atom stereocenters. The molecular formula is C38H55NO6S. The standard InChI is InChI=1S/C38H55NO6S/c1-4-5-6-7-8-9-10-11-12-13-14-15-16-17-18-21-28-44-36-27-25-32(46(41,42)43)29-35(36)39-38(40)34-26-24-31-22-19-20-23-33(31)37(34)45-30(2)3/h19-20,22-27,29-30H,4-18,21,28H2,1-3H3,(H,39,40)(H,41,42,43). The first kappa shape index (κ1) is 37.4. The zero-order valence-corrected chi connectivity index (χ0v) is 29.0. The highest BCUT2D eigenvalue weighted by Gasteiger charge is 2.20. The number of benzene rings is 3. The molecule has 46 heavy (non-hydrogen) atoms. The number of hydrogen-bond donors (Lipinski definition) is 2. The van der Waals surface area contributed by atoms with Gasteiger partial charge in [0.15, 0.2) is 0 Å². The molecule has 8 heteroatoms. The molecule has 0 saturated heterocycles. The summed E-state index contributed by atoms with van der Waals surface area (Å²) in [6.45, 7) is 6.48. The Kier molecular flexibility index (Phi) is 16.4. The van der Waals surface area contributed by atoms with Crippen molar-refractivity contribution < 1.29 is 27.2 Å². The largest absolute Gasteiger partial charge is 0.491 e. The molecule has 254 valence electrons. The Morgan fingerprint density at radius 2 is 1.33 bits per heavy atom. The van der Waals surface area contributed by atoms with E-state index in [1.165, 1.54) is 102 Å². The summed E-state index contributed by atoms with van der Waals surface area (Å²) in [5.41, 5.74) is 0.480. The molecule has 2 N–H and O–H groups in total. The molecule has 0 saturated carbocycles. The van der Waals surface area contributed by atoms with Crippen LogP contribution < -0.4 is 14.8 Å². The van der Waals surface area contributed by atoms with Gasteiger partial charge in [-0.1, -0.05) is 134 Å². The lowest BCUT2D eigenvalue weighted by Crippen LogP contribution is -2.17. The summed E-state index contributed by atoms with van der Waals surface area (Å²) in [4.78, 5) is 13.2. The number of amides is 1. The van der Waals surface area contributed by atoms with Gasteiger partial charge in [0.1, 0.15) is 11.5 Å². The quantitative estimate of drug-likeness (QED) is 0.0780. The lowest BCUT2D eigenvalue weighted by Gasteiger charge is -2.18. The van der Waals surface area contributed by atoms with Crippen LogP contribution in [0.4, 0.5) is 5.69 Å². The summed E-state index contributed by atoms with van der Waals surface area (Å²) < 4.78 is 45.5. The van der Waals surface area contributed by atoms with E-state index < -0.39 is 16.0 Å². The van der Waals surface area contributed by atoms with Gasteiger partial charge in [0, 0.05) is 5.39 Å². The minimum absolute atomic E-state index is 0.167. The van der Waals surface area contributed by atoms with Gasteiger partial charge in [0.25, 0.3) is 16.0 Å². The monoisotopic (exact) mass is 653 g/mol. The Morgan fingerprint density at radius 3 is 1.89 bits per heavy atom. The van der Waals surface area contributed by atoms with Crippen LogP contribution in [0.5, 0.6) is 11.5 Å². The predicted octanol–water partition coefficient (Wildman–Crippen LogP) is 10.8. The van der Waals surface area contributed by atoms with Crippen molar-refractivity contribution in [2.45, 2.75) is 135 Å². The van der Waals surface area contributed by atoms with E-state index >= 15 is 0 Å². The fraction of sp³-hybridized carbons (Fsp3) is 0.553. The number of rotatable bonds is 23. The van der Waals surface area contributed by atoms with Crippen LogP contribution in [0.1, 0.15) is 134 Å². The average molecular weight is 654 g/mol. The van der Waals surface area contributed by atoms with Crippen molar-refractivity contribution >= 4 is 32.5 Å². The molecule has 0 aliphatic carbocycles. The smallest absolute Gasteiger partial charge is 0.294 e. The molecule has 0 aliphatic heterocycles. The minimum atomic E-state index is -4.48. The van der Waals surface area contributed by atoms with Crippen molar-refractivity contribution in [3.8, 4) is 11.5 Å². The first-order valence-electron chi connectivity index (χ1n) is 17.4. The molecule has 1 amide bonds. The zero-order chi connectivity index (χ0) is 33.2. The molecule has 0 unspecified atom stereocenters. The van der Waals surface area contributed by atoms with Crippen molar-refractivity contribution in [2.24, 2.45) is 0 Å². The first-order chi connectivity index (χ1) is 22.2. The predicted molar refractivity (Wildman–Crippen MR) is 189 cm³/mol. The van der Waals surface area contributed by atoms with E-state index in [0.29, 0.717) is 23.7 Å². The third-order valence-corrected chi connectivity index (χ3v) is 9.08. The summed E-state index contributed by atoms with van der Waals surface area (Å²) in [5, 5.41) is 4.54. The van der Waals surface area contributed by atoms with Crippen molar-refractivity contribution in [3.05, 3.63) is 60.2 Å². The van der Waals surface area contributed by atoms with Crippen LogP contribution in [-0.2, 0) is 10.1 Å². The van der Waals surface area contributed by atoms with Crippen molar-refractivity contribution in [2.75, 3.05) is 11.9 Å². The number of hydrogen-bond acceptors (Lipinski definition) is 5. The molecule has 3 aromatic rings. The summed E-state index contributed by atoms with van der Waals surface area (Å²) in [7, 11) is -4.48. The van der Waals surface area contributed by atoms with E-state index in [9.17, 15) is 17.8 Å². The maximum Gasteiger partial charge on any atom is 0.294 e. The van der Waals surface area contributed by atoms with E-state index in [1.54, 1.807) is 6.07 Å². The summed E-state index contributed by atoms with van der Waals surface area (Å²) in [6.07, 6.45) is 20.4. The second-order valence-corrected chi connectivity index (χ2v) is 14.0. The molecule has 0 spiro atoms. The van der Waals surface area contributed by atoms with Crippen molar-refractivity contribution in [3.63, 3.8) is 0 Å². The lowest BCUT2D eigenvalue weighted by molar-refractivity contribution is 0.102. The normalized spacial score (nSPS) is 11.7. The van der Waals surface area contributed by atoms with Gasteiger partial charge in [-0.05, 0) is 49.9 Å². The highest BCUT2D eigenvalue weighted by molar-refractivity contribution is 7.85. The number of nitrogens with one attached hydrogen (secondary N) is 1. The molecule has 7 nitrogen and oxygen atoms in total. The van der Waals surface area contributed by atoms with Crippen LogP contribution in [0.3, 0.4) is 0 Å². The molecular weight excluding hydrogens is 598 g/mol. The molecule has 3 aromatic carbocycles. The molecule has 0 aliphatic rings. The van der Waals surface area contributed by atoms with E-state index in [2.05, 4.69) is 12.2 Å². The van der Waals surface area contributed by atoms with Crippen LogP contribution in [0.25, 0.3) is 10.8 Å². The van der Waals surface area contributed by atoms with Crippen LogP contribution in [-0.4, -0.2) is 31.6 Å². The third-order valence-electron chi connectivity index (χ3n) is 8.23. The number of unbranched alkanes of at least 4 members (excludes halogenated alkanes) is 15. The van der Waals surface area contributed by atoms with Crippen molar-refractivity contribution in [1.29, 1.82) is 0 Å². The number of ether oxygens (including phenoxy) is 2. The van der Waals surface area contributed by atoms with Gasteiger partial charge in [-0.3, -0.25) is 9.35 Å². The highest BCUT2D eigenvalue weighted by Crippen LogP contribution is 2.33. The molecule has 0 bridgehead atoms. The maximum atomic E-state index is 13.5. The summed E-state index contributed by atoms with van der Waals surface area (Å²) in [5.74, 6) is 0.321. The third kappa shape index (κ3) is 13.0. The number of fused-ring (bicyclic) bond motifs is 1. The Bertz CT molecular complexity index is 1450. The first-order valence-corrected chi connectivity index (χ1v) is 18.9. The lowest BCUT2D eigenvalue weighted by atomic mass is 10.0. The zero-order valence-electron chi connectivity index (χ0n) is 28.2. The van der Waals surface area contributed by atoms with Crippen LogP contribution in [0.15, 0.2) is 59.5 Å². The van der Waals surface area contributed by atoms with E-state index in [4.69, 9.17) is 9.47 Å². The fourth-order valence-electron chi connectivity index (χ4n) is 5.70. The fourth-order valence-corrected chi connectivity index (χ4v) is 6.21. The van der Waals surface area contributed by atoms with Gasteiger partial charge < -0.3 is 14.8 Å². The van der Waals surface area contributed by atoms with Gasteiger partial charge in [-0.2, -0.15) is 8.42 Å². The van der Waals surface area contributed by atoms with Crippen LogP contribution in [0.2, 0.25) is 0 Å². The van der Waals surface area contributed by atoms with Gasteiger partial charge in [0.2, 0.25) is 0 Å². The Balaban J connectivity index is 1.47. The highest BCUT2D eigenvalue weighted by atomic mass is 32.2. The van der Waals surface area contributed by atoms with Gasteiger partial charge in [-0.15, -0.1) is 0 Å².